The first-order valence-corrected chi connectivity index (χ1v) is 12.2. The van der Waals surface area contributed by atoms with Crippen LogP contribution in [0.25, 0.3) is 11.2 Å². The highest BCUT2D eigenvalue weighted by atomic mass is 19.1. The van der Waals surface area contributed by atoms with Crippen LogP contribution in [0.1, 0.15) is 57.4 Å². The summed E-state index contributed by atoms with van der Waals surface area (Å²) >= 11 is 0. The van der Waals surface area contributed by atoms with Crippen molar-refractivity contribution in [2.45, 2.75) is 69.6 Å². The number of halogens is 3. The maximum atomic E-state index is 14.4. The van der Waals surface area contributed by atoms with Crippen LogP contribution in [0.4, 0.5) is 30.8 Å². The summed E-state index contributed by atoms with van der Waals surface area (Å²) < 4.78 is 44.1. The van der Waals surface area contributed by atoms with E-state index in [-0.39, 0.29) is 36.0 Å². The summed E-state index contributed by atoms with van der Waals surface area (Å²) in [6.45, 7) is 0. The number of anilines is 3. The van der Waals surface area contributed by atoms with Crippen LogP contribution in [0.3, 0.4) is 0 Å². The molecule has 2 heterocycles. The van der Waals surface area contributed by atoms with Gasteiger partial charge >= 0.3 is 0 Å². The number of rotatable bonds is 7. The summed E-state index contributed by atoms with van der Waals surface area (Å²) in [5.74, 6) is -2.80. The number of amides is 1. The van der Waals surface area contributed by atoms with Crippen LogP contribution in [0.5, 0.6) is 0 Å². The molecule has 9 nitrogen and oxygen atoms in total. The number of nitrogens with one attached hydrogen (secondary N) is 2. The van der Waals surface area contributed by atoms with Gasteiger partial charge in [0.1, 0.15) is 17.0 Å². The molecule has 0 saturated heterocycles. The molecular formula is C24H28F3N7O2. The van der Waals surface area contributed by atoms with Crippen molar-refractivity contribution in [3.05, 3.63) is 35.8 Å². The van der Waals surface area contributed by atoms with Gasteiger partial charge < -0.3 is 21.5 Å². The van der Waals surface area contributed by atoms with Crippen LogP contribution >= 0.6 is 0 Å². The zero-order chi connectivity index (χ0) is 25.4. The molecule has 12 heteroatoms. The molecule has 0 bridgehead atoms. The number of carbonyl (C=O) groups is 1. The number of aliphatic hydroxyl groups is 1. The molecule has 5 rings (SSSR count). The van der Waals surface area contributed by atoms with Crippen molar-refractivity contribution in [1.29, 1.82) is 0 Å². The third-order valence-corrected chi connectivity index (χ3v) is 7.09. The minimum absolute atomic E-state index is 0.0399. The Hall–Kier alpha value is -3.41. The van der Waals surface area contributed by atoms with Gasteiger partial charge in [0.05, 0.1) is 12.3 Å². The van der Waals surface area contributed by atoms with Crippen LogP contribution in [0.15, 0.2) is 18.3 Å². The SMILES string of the molecule is NC(=O)C[C@H]1CC[C@@H](n2c(Nc3c(F)cc(F)cc3F)nc3cnc(N[C@H]4CC[C@H](O)C4)nc32)CC1. The van der Waals surface area contributed by atoms with Gasteiger partial charge in [0.2, 0.25) is 17.8 Å². The second-order valence-electron chi connectivity index (χ2n) is 9.73. The van der Waals surface area contributed by atoms with E-state index < -0.39 is 23.1 Å². The number of nitrogens with two attached hydrogens (primary N) is 1. The molecular weight excluding hydrogens is 475 g/mol. The lowest BCUT2D eigenvalue weighted by Gasteiger charge is -2.30. The highest BCUT2D eigenvalue weighted by Gasteiger charge is 2.29. The molecule has 2 saturated carbocycles. The average molecular weight is 504 g/mol. The first-order chi connectivity index (χ1) is 17.3. The molecule has 2 fully saturated rings. The largest absolute Gasteiger partial charge is 0.393 e. The molecule has 0 unspecified atom stereocenters. The highest BCUT2D eigenvalue weighted by molar-refractivity contribution is 5.77. The predicted octanol–water partition coefficient (Wildman–Crippen LogP) is 3.92. The lowest BCUT2D eigenvalue weighted by molar-refractivity contribution is -0.119. The maximum absolute atomic E-state index is 14.4. The van der Waals surface area contributed by atoms with Crippen LogP contribution < -0.4 is 16.4 Å². The number of benzene rings is 1. The number of carbonyl (C=O) groups excluding carboxylic acids is 1. The lowest BCUT2D eigenvalue weighted by atomic mass is 9.84. The molecule has 2 aliphatic carbocycles. The van der Waals surface area contributed by atoms with Gasteiger partial charge in [-0.1, -0.05) is 0 Å². The van der Waals surface area contributed by atoms with Crippen molar-refractivity contribution in [2.24, 2.45) is 11.7 Å². The highest BCUT2D eigenvalue weighted by Crippen LogP contribution is 2.38. The Morgan fingerprint density at radius 1 is 1.08 bits per heavy atom. The van der Waals surface area contributed by atoms with E-state index >= 15 is 0 Å². The second-order valence-corrected chi connectivity index (χ2v) is 9.73. The van der Waals surface area contributed by atoms with Gasteiger partial charge in [-0.25, -0.2) is 23.1 Å². The van der Waals surface area contributed by atoms with Gasteiger partial charge in [-0.2, -0.15) is 4.98 Å². The fraction of sp³-hybridized carbons (Fsp3) is 0.500. The van der Waals surface area contributed by atoms with E-state index in [0.717, 1.165) is 19.3 Å². The quantitative estimate of drug-likeness (QED) is 0.384. The molecule has 2 atom stereocenters. The maximum Gasteiger partial charge on any atom is 0.224 e. The van der Waals surface area contributed by atoms with E-state index in [9.17, 15) is 23.1 Å². The molecule has 36 heavy (non-hydrogen) atoms. The minimum atomic E-state index is -1.08. The van der Waals surface area contributed by atoms with Gasteiger partial charge in [-0.15, -0.1) is 0 Å². The van der Waals surface area contributed by atoms with E-state index in [4.69, 9.17) is 5.73 Å². The summed E-state index contributed by atoms with van der Waals surface area (Å²) in [7, 11) is 0. The molecule has 192 valence electrons. The standard InChI is InChI=1S/C24H28F3N7O2/c25-13-8-17(26)21(18(27)9-13)32-24-31-19-11-29-23(30-14-3-6-16(35)10-14)33-22(19)34(24)15-4-1-12(2-5-15)7-20(28)36/h8-9,11-12,14-16,35H,1-7,10H2,(H2,28,36)(H,31,32)(H,29,30,33)/t12-,14-,15+,16-/m0/s1. The fourth-order valence-corrected chi connectivity index (χ4v) is 5.33. The summed E-state index contributed by atoms with van der Waals surface area (Å²) in [6, 6.07) is 1.14. The summed E-state index contributed by atoms with van der Waals surface area (Å²) in [5.41, 5.74) is 5.76. The monoisotopic (exact) mass is 503 g/mol. The number of hydrogen-bond donors (Lipinski definition) is 4. The summed E-state index contributed by atoms with van der Waals surface area (Å²) in [6.07, 6.45) is 6.47. The molecule has 3 aromatic rings. The number of aromatic nitrogens is 4. The number of imidazole rings is 1. The Labute approximate surface area is 205 Å². The third-order valence-electron chi connectivity index (χ3n) is 7.09. The Bertz CT molecular complexity index is 1250. The third kappa shape index (κ3) is 5.08. The van der Waals surface area contributed by atoms with Crippen LogP contribution in [0, 0.1) is 23.4 Å². The van der Waals surface area contributed by atoms with Gasteiger partial charge in [0.25, 0.3) is 0 Å². The van der Waals surface area contributed by atoms with E-state index in [1.807, 2.05) is 0 Å². The molecule has 0 radical (unpaired) electrons. The Balaban J connectivity index is 1.50. The zero-order valence-electron chi connectivity index (χ0n) is 19.6. The van der Waals surface area contributed by atoms with Crippen molar-refractivity contribution in [1.82, 2.24) is 19.5 Å². The zero-order valence-corrected chi connectivity index (χ0v) is 19.6. The van der Waals surface area contributed by atoms with Gasteiger partial charge in [-0.05, 0) is 50.9 Å². The number of aliphatic hydroxyl groups excluding tert-OH is 1. The predicted molar refractivity (Wildman–Crippen MR) is 127 cm³/mol. The molecule has 2 aliphatic rings. The smallest absolute Gasteiger partial charge is 0.224 e. The minimum Gasteiger partial charge on any atom is -0.393 e. The summed E-state index contributed by atoms with van der Waals surface area (Å²) in [4.78, 5) is 24.9. The Morgan fingerprint density at radius 2 is 1.81 bits per heavy atom. The molecule has 0 spiro atoms. The topological polar surface area (TPSA) is 131 Å². The summed E-state index contributed by atoms with van der Waals surface area (Å²) in [5, 5.41) is 15.8. The Kier molecular flexibility index (Phi) is 6.69. The number of primary amides is 1. The number of fused-ring (bicyclic) bond motifs is 1. The number of hydrogen-bond acceptors (Lipinski definition) is 7. The van der Waals surface area contributed by atoms with Gasteiger partial charge in [0.15, 0.2) is 17.3 Å². The van der Waals surface area contributed by atoms with E-state index in [2.05, 4.69) is 25.6 Å². The van der Waals surface area contributed by atoms with Gasteiger partial charge in [-0.3, -0.25) is 9.36 Å². The van der Waals surface area contributed by atoms with Crippen molar-refractivity contribution >= 4 is 34.7 Å². The van der Waals surface area contributed by atoms with Crippen molar-refractivity contribution in [3.8, 4) is 0 Å². The van der Waals surface area contributed by atoms with E-state index in [0.29, 0.717) is 61.3 Å². The van der Waals surface area contributed by atoms with E-state index in [1.54, 1.807) is 4.57 Å². The lowest BCUT2D eigenvalue weighted by Crippen LogP contribution is -2.24. The van der Waals surface area contributed by atoms with Crippen molar-refractivity contribution in [3.63, 3.8) is 0 Å². The first-order valence-electron chi connectivity index (χ1n) is 12.2. The average Bonchev–Trinajstić information content (AvgIpc) is 3.38. The normalized spacial score (nSPS) is 24.2. The second kappa shape index (κ2) is 9.92. The van der Waals surface area contributed by atoms with Crippen LogP contribution in [0.2, 0.25) is 0 Å². The Morgan fingerprint density at radius 3 is 2.44 bits per heavy atom. The fourth-order valence-electron chi connectivity index (χ4n) is 5.33. The van der Waals surface area contributed by atoms with Crippen molar-refractivity contribution in [2.75, 3.05) is 10.6 Å². The number of nitrogens with zero attached hydrogens (tertiary/aromatic N) is 4. The molecule has 5 N–H and O–H groups in total. The van der Waals surface area contributed by atoms with Gasteiger partial charge in [0, 0.05) is 30.6 Å². The molecule has 0 aliphatic heterocycles. The molecule has 1 aromatic carbocycles. The van der Waals surface area contributed by atoms with Crippen molar-refractivity contribution < 1.29 is 23.1 Å². The molecule has 1 amide bonds. The molecule has 2 aromatic heterocycles. The van der Waals surface area contributed by atoms with Crippen LogP contribution in [-0.2, 0) is 4.79 Å². The first kappa shape index (κ1) is 24.3. The van der Waals surface area contributed by atoms with E-state index in [1.165, 1.54) is 6.20 Å². The van der Waals surface area contributed by atoms with Crippen LogP contribution in [-0.4, -0.2) is 42.7 Å².